The Morgan fingerprint density at radius 2 is 0.482 bits per heavy atom. The lowest BCUT2D eigenvalue weighted by Gasteiger charge is -2.18. The summed E-state index contributed by atoms with van der Waals surface area (Å²) in [6.45, 7) is 6.36. The Kier molecular flexibility index (Phi) is 65.8. The fraction of sp³-hybridized carbons (Fsp3) is 0.649. The summed E-state index contributed by atoms with van der Waals surface area (Å²) in [5.41, 5.74) is 0. The lowest BCUT2D eigenvalue weighted by Crippen LogP contribution is -2.30. The quantitative estimate of drug-likeness (QED) is 0.0261. The van der Waals surface area contributed by atoms with Gasteiger partial charge in [-0.05, 0) is 116 Å². The molecule has 0 aromatic heterocycles. The lowest BCUT2D eigenvalue weighted by molar-refractivity contribution is -0.167. The zero-order valence-electron chi connectivity index (χ0n) is 53.9. The van der Waals surface area contributed by atoms with E-state index in [1.807, 2.05) is 0 Å². The topological polar surface area (TPSA) is 78.9 Å². The van der Waals surface area contributed by atoms with Crippen LogP contribution in [0.2, 0.25) is 0 Å². The molecule has 0 rings (SSSR count). The lowest BCUT2D eigenvalue weighted by atomic mass is 10.0. The van der Waals surface area contributed by atoms with Crippen LogP contribution in [0.5, 0.6) is 0 Å². The van der Waals surface area contributed by atoms with E-state index in [0.29, 0.717) is 19.3 Å². The highest BCUT2D eigenvalue weighted by Gasteiger charge is 2.19. The number of rotatable bonds is 61. The zero-order valence-corrected chi connectivity index (χ0v) is 53.9. The Balaban J connectivity index is 4.52. The number of hydrogen-bond donors (Lipinski definition) is 0. The first kappa shape index (κ1) is 78.3. The predicted molar refractivity (Wildman–Crippen MR) is 362 cm³/mol. The Labute approximate surface area is 512 Å². The molecule has 0 fully saturated rings. The number of esters is 3. The third-order valence-electron chi connectivity index (χ3n) is 14.3. The summed E-state index contributed by atoms with van der Waals surface area (Å²) < 4.78 is 16.9. The fourth-order valence-corrected chi connectivity index (χ4v) is 9.28. The highest BCUT2D eigenvalue weighted by atomic mass is 16.6. The minimum absolute atomic E-state index is 0.116. The van der Waals surface area contributed by atoms with Crippen molar-refractivity contribution < 1.29 is 28.6 Å². The fourth-order valence-electron chi connectivity index (χ4n) is 9.28. The maximum absolute atomic E-state index is 13.0. The zero-order chi connectivity index (χ0) is 59.9. The molecule has 0 aromatic rings. The van der Waals surface area contributed by atoms with Gasteiger partial charge in [0.05, 0.1) is 0 Å². The highest BCUT2D eigenvalue weighted by Crippen LogP contribution is 2.17. The van der Waals surface area contributed by atoms with Crippen LogP contribution in [-0.2, 0) is 28.6 Å². The molecule has 0 saturated heterocycles. The van der Waals surface area contributed by atoms with Gasteiger partial charge in [0.1, 0.15) is 13.2 Å². The average molecular weight is 1150 g/mol. The van der Waals surface area contributed by atoms with Gasteiger partial charge >= 0.3 is 17.9 Å². The molecule has 6 nitrogen and oxygen atoms in total. The molecule has 0 radical (unpaired) electrons. The van der Waals surface area contributed by atoms with E-state index in [-0.39, 0.29) is 37.5 Å². The molecule has 6 heteroatoms. The SMILES string of the molecule is CC/C=C\C/C=C\C/C=C\C/C=C\C/C=C\C/C=C\C/C=C\CCCC(=O)OCC(COC(=O)CCCCC/C=C\C/C=C\C/C=C\C/C=C\C/C=C\CC)OC(=O)CCCCCCCCCCCCCCCCCCCCCCCCC. The molecule has 0 spiro atoms. The van der Waals surface area contributed by atoms with Crippen molar-refractivity contribution in [3.05, 3.63) is 146 Å². The number of carbonyl (C=O) groups is 3. The van der Waals surface area contributed by atoms with Crippen LogP contribution in [0.3, 0.4) is 0 Å². The van der Waals surface area contributed by atoms with Crippen molar-refractivity contribution in [2.45, 2.75) is 309 Å². The van der Waals surface area contributed by atoms with Gasteiger partial charge in [0.2, 0.25) is 0 Å². The van der Waals surface area contributed by atoms with E-state index >= 15 is 0 Å². The van der Waals surface area contributed by atoms with Crippen LogP contribution in [0.4, 0.5) is 0 Å². The molecule has 470 valence electrons. The highest BCUT2D eigenvalue weighted by molar-refractivity contribution is 5.71. The second-order valence-electron chi connectivity index (χ2n) is 22.3. The molecular weight excluding hydrogens is 1020 g/mol. The van der Waals surface area contributed by atoms with Crippen LogP contribution in [0.1, 0.15) is 303 Å². The third kappa shape index (κ3) is 68.0. The van der Waals surface area contributed by atoms with Crippen molar-refractivity contribution in [2.75, 3.05) is 13.2 Å². The summed E-state index contributed by atoms with van der Waals surface area (Å²) in [7, 11) is 0. The number of unbranched alkanes of at least 4 members (excludes halogenated alkanes) is 26. The monoisotopic (exact) mass is 1150 g/mol. The predicted octanol–water partition coefficient (Wildman–Crippen LogP) is 23.9. The summed E-state index contributed by atoms with van der Waals surface area (Å²) in [5.74, 6) is -0.999. The Morgan fingerprint density at radius 1 is 0.253 bits per heavy atom. The number of allylic oxidation sites excluding steroid dienone is 24. The molecule has 0 aliphatic carbocycles. The Morgan fingerprint density at radius 3 is 0.783 bits per heavy atom. The minimum atomic E-state index is -0.823. The molecule has 0 bridgehead atoms. The van der Waals surface area contributed by atoms with E-state index in [9.17, 15) is 14.4 Å². The van der Waals surface area contributed by atoms with Gasteiger partial charge in [-0.3, -0.25) is 14.4 Å². The summed E-state index contributed by atoms with van der Waals surface area (Å²) >= 11 is 0. The van der Waals surface area contributed by atoms with E-state index in [0.717, 1.165) is 128 Å². The van der Waals surface area contributed by atoms with E-state index in [1.54, 1.807) is 0 Å². The molecular formula is C77H126O6. The van der Waals surface area contributed by atoms with Gasteiger partial charge in [-0.15, -0.1) is 0 Å². The van der Waals surface area contributed by atoms with Crippen LogP contribution < -0.4 is 0 Å². The second-order valence-corrected chi connectivity index (χ2v) is 22.3. The Hall–Kier alpha value is -4.71. The minimum Gasteiger partial charge on any atom is -0.462 e. The van der Waals surface area contributed by atoms with Gasteiger partial charge in [0.25, 0.3) is 0 Å². The molecule has 0 heterocycles. The number of ether oxygens (including phenoxy) is 3. The Bertz CT molecular complexity index is 1800. The van der Waals surface area contributed by atoms with Gasteiger partial charge in [-0.2, -0.15) is 0 Å². The van der Waals surface area contributed by atoms with E-state index in [4.69, 9.17) is 14.2 Å². The van der Waals surface area contributed by atoms with Crippen molar-refractivity contribution in [3.8, 4) is 0 Å². The molecule has 0 N–H and O–H groups in total. The summed E-state index contributed by atoms with van der Waals surface area (Å²) in [6, 6.07) is 0. The number of hydrogen-bond acceptors (Lipinski definition) is 6. The van der Waals surface area contributed by atoms with Crippen LogP contribution in [0.25, 0.3) is 0 Å². The van der Waals surface area contributed by atoms with Gasteiger partial charge in [-0.1, -0.05) is 314 Å². The van der Waals surface area contributed by atoms with Crippen molar-refractivity contribution in [2.24, 2.45) is 0 Å². The third-order valence-corrected chi connectivity index (χ3v) is 14.3. The maximum atomic E-state index is 13.0. The van der Waals surface area contributed by atoms with E-state index in [2.05, 4.69) is 167 Å². The standard InChI is InChI=1S/C77H126O6/c1-4-7-10-13-16-19-22-25-28-31-34-36-38-40-43-46-49-52-55-58-61-64-67-70-76(79)82-73-74(72-81-75(78)69-66-63-60-57-54-51-48-45-42-33-30-27-24-21-18-15-12-9-6-3)83-77(80)71-68-65-62-59-56-53-50-47-44-41-39-37-35-32-29-26-23-20-17-14-11-8-5-2/h7,9-10,12,16,18-19,21,25,27-28,30,34,36,40,42-43,45,49,51-52,54,58,61,74H,4-6,8,11,13-15,17,20,22-24,26,29,31-33,35,37-39,41,44,46-48,50,53,55-57,59-60,62-73H2,1-3H3/b10-7-,12-9-,19-16-,21-18-,28-25-,30-27-,36-34-,43-40-,45-42-,52-49-,54-51-,61-58-. The van der Waals surface area contributed by atoms with E-state index < -0.39 is 6.10 Å². The van der Waals surface area contributed by atoms with Crippen molar-refractivity contribution in [1.82, 2.24) is 0 Å². The van der Waals surface area contributed by atoms with Gasteiger partial charge < -0.3 is 14.2 Å². The van der Waals surface area contributed by atoms with Crippen LogP contribution in [0, 0.1) is 0 Å². The normalized spacial score (nSPS) is 13.0. The molecule has 0 aromatic carbocycles. The molecule has 0 amide bonds. The largest absolute Gasteiger partial charge is 0.462 e. The van der Waals surface area contributed by atoms with Crippen LogP contribution in [0.15, 0.2) is 146 Å². The van der Waals surface area contributed by atoms with E-state index in [1.165, 1.54) is 128 Å². The number of carbonyl (C=O) groups excluding carboxylic acids is 3. The van der Waals surface area contributed by atoms with Gasteiger partial charge in [0, 0.05) is 19.3 Å². The summed E-state index contributed by atoms with van der Waals surface area (Å²) in [5, 5.41) is 0. The smallest absolute Gasteiger partial charge is 0.306 e. The first-order valence-corrected chi connectivity index (χ1v) is 34.3. The average Bonchev–Trinajstić information content (AvgIpc) is 3.49. The van der Waals surface area contributed by atoms with Crippen LogP contribution >= 0.6 is 0 Å². The molecule has 0 aliphatic rings. The first-order chi connectivity index (χ1) is 41.0. The molecule has 0 aliphatic heterocycles. The molecule has 83 heavy (non-hydrogen) atoms. The van der Waals surface area contributed by atoms with Crippen LogP contribution in [-0.4, -0.2) is 37.2 Å². The van der Waals surface area contributed by atoms with Crippen molar-refractivity contribution in [1.29, 1.82) is 0 Å². The first-order valence-electron chi connectivity index (χ1n) is 34.3. The van der Waals surface area contributed by atoms with Gasteiger partial charge in [0.15, 0.2) is 6.10 Å². The molecule has 1 unspecified atom stereocenters. The molecule has 1 atom stereocenters. The molecule has 0 saturated carbocycles. The second kappa shape index (κ2) is 69.8. The van der Waals surface area contributed by atoms with Crippen molar-refractivity contribution >= 4 is 17.9 Å². The summed E-state index contributed by atoms with van der Waals surface area (Å²) in [6.07, 6.45) is 100. The van der Waals surface area contributed by atoms with Gasteiger partial charge in [-0.25, -0.2) is 0 Å². The maximum Gasteiger partial charge on any atom is 0.306 e. The summed E-state index contributed by atoms with van der Waals surface area (Å²) in [4.78, 5) is 38.4. The van der Waals surface area contributed by atoms with Crippen molar-refractivity contribution in [3.63, 3.8) is 0 Å².